The molecular weight excluding hydrogens is 299 g/mol. The number of carbonyl (C=O) groups is 1. The van der Waals surface area contributed by atoms with Crippen molar-refractivity contribution in [3.8, 4) is 5.69 Å². The van der Waals surface area contributed by atoms with E-state index in [1.54, 1.807) is 38.2 Å². The molecule has 0 unspecified atom stereocenters. The number of halogens is 1. The second-order valence-electron chi connectivity index (χ2n) is 4.85. The maximum Gasteiger partial charge on any atom is 0.279 e. The van der Waals surface area contributed by atoms with Crippen LogP contribution in [0.5, 0.6) is 0 Å². The molecule has 3 aromatic rings. The molecule has 0 saturated heterocycles. The summed E-state index contributed by atoms with van der Waals surface area (Å²) in [5.74, 6) is 0.172. The Bertz CT molecular complexity index is 859. The Morgan fingerprint density at radius 3 is 2.61 bits per heavy atom. The fourth-order valence-electron chi connectivity index (χ4n) is 2.07. The Kier molecular flexibility index (Phi) is 3.80. The van der Waals surface area contributed by atoms with Crippen molar-refractivity contribution in [3.05, 3.63) is 59.6 Å². The number of aryl methyl sites for hydroxylation is 1. The monoisotopic (exact) mass is 312 g/mol. The zero-order valence-corrected chi connectivity index (χ0v) is 12.5. The molecule has 0 radical (unpaired) electrons. The van der Waals surface area contributed by atoms with Gasteiger partial charge < -0.3 is 5.32 Å². The van der Waals surface area contributed by atoms with E-state index in [2.05, 4.69) is 25.6 Å². The van der Waals surface area contributed by atoms with Gasteiger partial charge in [-0.15, -0.1) is 5.10 Å². The van der Waals surface area contributed by atoms with Crippen molar-refractivity contribution in [2.45, 2.75) is 13.8 Å². The van der Waals surface area contributed by atoms with Gasteiger partial charge in [0.05, 0.1) is 11.4 Å². The molecule has 116 valence electrons. The van der Waals surface area contributed by atoms with Gasteiger partial charge in [-0.2, -0.15) is 0 Å². The fraction of sp³-hybridized carbons (Fsp3) is 0.133. The van der Waals surface area contributed by atoms with E-state index in [0.29, 0.717) is 23.0 Å². The summed E-state index contributed by atoms with van der Waals surface area (Å²) in [6.07, 6.45) is 1.56. The number of benzene rings is 1. The summed E-state index contributed by atoms with van der Waals surface area (Å²) in [5, 5.41) is 10.5. The van der Waals surface area contributed by atoms with Crippen molar-refractivity contribution in [1.29, 1.82) is 0 Å². The zero-order valence-electron chi connectivity index (χ0n) is 12.5. The van der Waals surface area contributed by atoms with E-state index in [4.69, 9.17) is 0 Å². The number of anilines is 1. The first kappa shape index (κ1) is 14.8. The molecule has 0 aliphatic rings. The number of nitrogens with one attached hydrogen (secondary N) is 1. The van der Waals surface area contributed by atoms with Gasteiger partial charge in [0, 0.05) is 6.20 Å². The number of nitrogens with zero attached hydrogens (tertiary/aromatic N) is 5. The standard InChI is InChI=1S/C15H13FN6O/c1-9-14(15(23)19-13-7-8-17-10(2)18-13)20-21-22(9)12-5-3-11(16)4-6-12/h3-8H,1-2H3,(H,17,18,19,23). The molecule has 1 N–H and O–H groups in total. The average molecular weight is 312 g/mol. The lowest BCUT2D eigenvalue weighted by atomic mass is 10.3. The molecule has 0 spiro atoms. The van der Waals surface area contributed by atoms with Crippen LogP contribution in [0.2, 0.25) is 0 Å². The van der Waals surface area contributed by atoms with Crippen LogP contribution in [0.3, 0.4) is 0 Å². The molecule has 2 heterocycles. The van der Waals surface area contributed by atoms with Crippen molar-refractivity contribution in [2.75, 3.05) is 5.32 Å². The second kappa shape index (κ2) is 5.91. The summed E-state index contributed by atoms with van der Waals surface area (Å²) in [6.45, 7) is 3.44. The minimum absolute atomic E-state index is 0.172. The van der Waals surface area contributed by atoms with Crippen LogP contribution in [-0.2, 0) is 0 Å². The first-order valence-electron chi connectivity index (χ1n) is 6.84. The third kappa shape index (κ3) is 3.05. The molecule has 8 heteroatoms. The predicted octanol–water partition coefficient (Wildman–Crippen LogP) is 2.07. The van der Waals surface area contributed by atoms with E-state index in [1.807, 2.05) is 0 Å². The maximum absolute atomic E-state index is 13.0. The number of carbonyl (C=O) groups excluding carboxylic acids is 1. The van der Waals surface area contributed by atoms with E-state index in [-0.39, 0.29) is 11.5 Å². The summed E-state index contributed by atoms with van der Waals surface area (Å²) < 4.78 is 14.5. The Morgan fingerprint density at radius 1 is 1.17 bits per heavy atom. The largest absolute Gasteiger partial charge is 0.305 e. The van der Waals surface area contributed by atoms with Gasteiger partial charge in [-0.05, 0) is 44.2 Å². The molecule has 0 aliphatic heterocycles. The molecular formula is C15H13FN6O. The minimum Gasteiger partial charge on any atom is -0.305 e. The number of hydrogen-bond donors (Lipinski definition) is 1. The summed E-state index contributed by atoms with van der Waals surface area (Å²) >= 11 is 0. The predicted molar refractivity (Wildman–Crippen MR) is 80.8 cm³/mol. The normalized spacial score (nSPS) is 10.6. The third-order valence-electron chi connectivity index (χ3n) is 3.20. The van der Waals surface area contributed by atoms with Crippen molar-refractivity contribution in [1.82, 2.24) is 25.0 Å². The van der Waals surface area contributed by atoms with E-state index >= 15 is 0 Å². The quantitative estimate of drug-likeness (QED) is 0.800. The first-order chi connectivity index (χ1) is 11.0. The molecule has 0 fully saturated rings. The molecule has 3 rings (SSSR count). The first-order valence-corrected chi connectivity index (χ1v) is 6.84. The van der Waals surface area contributed by atoms with Crippen LogP contribution in [0, 0.1) is 19.7 Å². The Morgan fingerprint density at radius 2 is 1.91 bits per heavy atom. The van der Waals surface area contributed by atoms with Crippen LogP contribution in [-0.4, -0.2) is 30.9 Å². The van der Waals surface area contributed by atoms with E-state index in [9.17, 15) is 9.18 Å². The Balaban J connectivity index is 1.86. The molecule has 0 saturated carbocycles. The molecule has 7 nitrogen and oxygen atoms in total. The number of aromatic nitrogens is 5. The number of amides is 1. The van der Waals surface area contributed by atoms with Gasteiger partial charge in [-0.3, -0.25) is 4.79 Å². The Hall–Kier alpha value is -3.16. The lowest BCUT2D eigenvalue weighted by Gasteiger charge is -2.05. The molecule has 23 heavy (non-hydrogen) atoms. The summed E-state index contributed by atoms with van der Waals surface area (Å²) in [7, 11) is 0. The van der Waals surface area contributed by atoms with Crippen molar-refractivity contribution in [2.24, 2.45) is 0 Å². The Labute approximate surface area is 131 Å². The smallest absolute Gasteiger partial charge is 0.279 e. The zero-order chi connectivity index (χ0) is 16.4. The minimum atomic E-state index is -0.422. The highest BCUT2D eigenvalue weighted by molar-refractivity contribution is 6.03. The molecule has 1 amide bonds. The van der Waals surface area contributed by atoms with Gasteiger partial charge in [0.15, 0.2) is 5.69 Å². The van der Waals surface area contributed by atoms with Gasteiger partial charge in [-0.25, -0.2) is 19.0 Å². The lowest BCUT2D eigenvalue weighted by molar-refractivity contribution is 0.102. The average Bonchev–Trinajstić information content (AvgIpc) is 2.90. The lowest BCUT2D eigenvalue weighted by Crippen LogP contribution is -2.15. The van der Waals surface area contributed by atoms with Gasteiger partial charge in [0.1, 0.15) is 17.5 Å². The summed E-state index contributed by atoms with van der Waals surface area (Å²) in [5.41, 5.74) is 1.33. The molecule has 0 bridgehead atoms. The van der Waals surface area contributed by atoms with Gasteiger partial charge in [0.2, 0.25) is 0 Å². The molecule has 0 aliphatic carbocycles. The van der Waals surface area contributed by atoms with E-state index < -0.39 is 5.91 Å². The van der Waals surface area contributed by atoms with Crippen LogP contribution in [0.4, 0.5) is 10.2 Å². The van der Waals surface area contributed by atoms with Crippen LogP contribution >= 0.6 is 0 Å². The molecule has 1 aromatic carbocycles. The van der Waals surface area contributed by atoms with Gasteiger partial charge >= 0.3 is 0 Å². The van der Waals surface area contributed by atoms with Crippen LogP contribution in [0.15, 0.2) is 36.5 Å². The third-order valence-corrected chi connectivity index (χ3v) is 3.20. The molecule has 0 atom stereocenters. The van der Waals surface area contributed by atoms with Crippen LogP contribution in [0.1, 0.15) is 22.0 Å². The van der Waals surface area contributed by atoms with Crippen LogP contribution in [0.25, 0.3) is 5.69 Å². The highest BCUT2D eigenvalue weighted by Gasteiger charge is 2.18. The van der Waals surface area contributed by atoms with Crippen molar-refractivity contribution in [3.63, 3.8) is 0 Å². The number of rotatable bonds is 3. The van der Waals surface area contributed by atoms with Crippen LogP contribution < -0.4 is 5.32 Å². The number of hydrogen-bond acceptors (Lipinski definition) is 5. The highest BCUT2D eigenvalue weighted by Crippen LogP contribution is 2.14. The van der Waals surface area contributed by atoms with E-state index in [0.717, 1.165) is 0 Å². The topological polar surface area (TPSA) is 85.6 Å². The van der Waals surface area contributed by atoms with Gasteiger partial charge in [-0.1, -0.05) is 5.21 Å². The second-order valence-corrected chi connectivity index (χ2v) is 4.85. The summed E-state index contributed by atoms with van der Waals surface area (Å²) in [6, 6.07) is 7.35. The van der Waals surface area contributed by atoms with E-state index in [1.165, 1.54) is 16.8 Å². The summed E-state index contributed by atoms with van der Waals surface area (Å²) in [4.78, 5) is 20.4. The van der Waals surface area contributed by atoms with Crippen molar-refractivity contribution < 1.29 is 9.18 Å². The van der Waals surface area contributed by atoms with Crippen molar-refractivity contribution >= 4 is 11.7 Å². The maximum atomic E-state index is 13.0. The van der Waals surface area contributed by atoms with Gasteiger partial charge in [0.25, 0.3) is 5.91 Å². The highest BCUT2D eigenvalue weighted by atomic mass is 19.1. The SMILES string of the molecule is Cc1nccc(NC(=O)c2nnn(-c3ccc(F)cc3)c2C)n1. The molecule has 2 aromatic heterocycles. The fourth-order valence-corrected chi connectivity index (χ4v) is 2.07.